The molecule has 3 aromatic heterocycles. The third-order valence-corrected chi connectivity index (χ3v) is 6.18. The van der Waals surface area contributed by atoms with Gasteiger partial charge in [-0.25, -0.2) is 24.9 Å². The van der Waals surface area contributed by atoms with Crippen LogP contribution in [0.15, 0.2) is 18.7 Å². The number of nitrogens with one attached hydrogen (secondary N) is 1. The van der Waals surface area contributed by atoms with Crippen LogP contribution in [-0.2, 0) is 11.3 Å². The summed E-state index contributed by atoms with van der Waals surface area (Å²) in [4.78, 5) is 39.8. The monoisotopic (exact) mass is 437 g/mol. The average molecular weight is 438 g/mol. The van der Waals surface area contributed by atoms with Crippen molar-refractivity contribution in [1.29, 1.82) is 0 Å². The fraction of sp³-hybridized carbons (Fsp3) is 0.545. The number of anilines is 1. The van der Waals surface area contributed by atoms with E-state index in [1.165, 1.54) is 6.33 Å². The molecule has 10 heteroatoms. The van der Waals surface area contributed by atoms with E-state index in [0.717, 1.165) is 36.7 Å². The van der Waals surface area contributed by atoms with Gasteiger partial charge in [0.1, 0.15) is 24.0 Å². The van der Waals surface area contributed by atoms with Crippen molar-refractivity contribution in [1.82, 2.24) is 39.3 Å². The molecule has 170 valence electrons. The number of hydrogen-bond donors (Lipinski definition) is 1. The molecule has 2 atom stereocenters. The van der Waals surface area contributed by atoms with E-state index in [-0.39, 0.29) is 11.9 Å². The summed E-state index contributed by atoms with van der Waals surface area (Å²) in [6.45, 7) is 11.1. The number of imidazole rings is 1. The summed E-state index contributed by atoms with van der Waals surface area (Å²) < 4.78 is 2.02. The van der Waals surface area contributed by atoms with Crippen molar-refractivity contribution < 1.29 is 4.79 Å². The van der Waals surface area contributed by atoms with Crippen LogP contribution in [0.5, 0.6) is 0 Å². The van der Waals surface area contributed by atoms with Gasteiger partial charge < -0.3 is 19.7 Å². The van der Waals surface area contributed by atoms with Crippen LogP contribution >= 0.6 is 0 Å². The Bertz CT molecular complexity index is 1090. The van der Waals surface area contributed by atoms with Crippen molar-refractivity contribution in [2.24, 2.45) is 0 Å². The van der Waals surface area contributed by atoms with Crippen molar-refractivity contribution in [3.63, 3.8) is 0 Å². The van der Waals surface area contributed by atoms with E-state index in [1.54, 1.807) is 12.4 Å². The second-order valence-electron chi connectivity index (χ2n) is 8.31. The van der Waals surface area contributed by atoms with Gasteiger partial charge in [-0.3, -0.25) is 4.79 Å². The Balaban J connectivity index is 1.65. The van der Waals surface area contributed by atoms with Gasteiger partial charge in [0.05, 0.1) is 5.56 Å². The number of hydrogen-bond acceptors (Lipinski definition) is 8. The number of fused-ring (bicyclic) bond motifs is 1. The highest BCUT2D eigenvalue weighted by atomic mass is 16.2. The maximum absolute atomic E-state index is 13.3. The molecular weight excluding hydrogens is 406 g/mol. The molecule has 1 unspecified atom stereocenters. The zero-order valence-corrected chi connectivity index (χ0v) is 19.4. The van der Waals surface area contributed by atoms with E-state index >= 15 is 0 Å². The summed E-state index contributed by atoms with van der Waals surface area (Å²) in [7, 11) is 2.10. The number of aryl methyl sites for hydroxylation is 2. The molecular formula is C22H31N9O. The molecule has 0 aliphatic carbocycles. The molecule has 1 aliphatic heterocycles. The standard InChI is InChI=1S/C22H31N9O/c1-6-17(22(32)30-9-8-29(5)14(3)12-30)27-19-18-21(26-13-25-19)31(7-2)20(28-18)16-10-23-15(4)24-11-16/h10-11,13-14,17H,6-9,12H2,1-5H3,(H,25,26,27)/t14?,17-/m0/s1. The Morgan fingerprint density at radius 2 is 1.94 bits per heavy atom. The highest BCUT2D eigenvalue weighted by molar-refractivity contribution is 5.90. The summed E-state index contributed by atoms with van der Waals surface area (Å²) in [6.07, 6.45) is 5.70. The first-order valence-corrected chi connectivity index (χ1v) is 11.2. The zero-order chi connectivity index (χ0) is 22.8. The highest BCUT2D eigenvalue weighted by Crippen LogP contribution is 2.27. The van der Waals surface area contributed by atoms with Gasteiger partial charge in [-0.05, 0) is 34.2 Å². The van der Waals surface area contributed by atoms with Gasteiger partial charge in [0.15, 0.2) is 17.0 Å². The number of nitrogens with zero attached hydrogens (tertiary/aromatic N) is 8. The van der Waals surface area contributed by atoms with E-state index in [4.69, 9.17) is 4.98 Å². The van der Waals surface area contributed by atoms with Crippen molar-refractivity contribution in [2.75, 3.05) is 32.0 Å². The molecule has 1 fully saturated rings. The van der Waals surface area contributed by atoms with Crippen LogP contribution in [-0.4, -0.2) is 84.0 Å². The third kappa shape index (κ3) is 4.14. The maximum Gasteiger partial charge on any atom is 0.245 e. The van der Waals surface area contributed by atoms with Gasteiger partial charge in [-0.1, -0.05) is 6.92 Å². The molecule has 1 aliphatic rings. The van der Waals surface area contributed by atoms with Gasteiger partial charge in [-0.15, -0.1) is 0 Å². The predicted octanol–water partition coefficient (Wildman–Crippen LogP) is 1.96. The average Bonchev–Trinajstić information content (AvgIpc) is 3.18. The normalized spacial score (nSPS) is 18.2. The molecule has 0 spiro atoms. The first-order valence-electron chi connectivity index (χ1n) is 11.2. The summed E-state index contributed by atoms with van der Waals surface area (Å²) in [5.74, 6) is 2.11. The molecule has 32 heavy (non-hydrogen) atoms. The van der Waals surface area contributed by atoms with Crippen molar-refractivity contribution in [3.8, 4) is 11.4 Å². The molecule has 0 saturated carbocycles. The molecule has 1 amide bonds. The van der Waals surface area contributed by atoms with E-state index in [0.29, 0.717) is 36.2 Å². The number of amides is 1. The van der Waals surface area contributed by atoms with Crippen LogP contribution in [0.2, 0.25) is 0 Å². The van der Waals surface area contributed by atoms with Crippen LogP contribution in [0.25, 0.3) is 22.6 Å². The molecule has 4 rings (SSSR count). The van der Waals surface area contributed by atoms with Crippen LogP contribution in [0.1, 0.15) is 33.0 Å². The van der Waals surface area contributed by atoms with Gasteiger partial charge >= 0.3 is 0 Å². The minimum absolute atomic E-state index is 0.0984. The molecule has 0 bridgehead atoms. The minimum Gasteiger partial charge on any atom is -0.356 e. The van der Waals surface area contributed by atoms with Gasteiger partial charge in [0.2, 0.25) is 5.91 Å². The lowest BCUT2D eigenvalue weighted by Gasteiger charge is -2.39. The SMILES string of the molecule is CC[C@H](Nc1ncnc2c1nc(-c1cnc(C)nc1)n2CC)C(=O)N1CCN(C)C(C)C1. The fourth-order valence-electron chi connectivity index (χ4n) is 4.04. The lowest BCUT2D eigenvalue weighted by molar-refractivity contribution is -0.134. The van der Waals surface area contributed by atoms with E-state index in [2.05, 4.69) is 44.1 Å². The van der Waals surface area contributed by atoms with E-state index in [9.17, 15) is 4.79 Å². The molecule has 1 N–H and O–H groups in total. The Kier molecular flexibility index (Phi) is 6.31. The maximum atomic E-state index is 13.3. The number of aromatic nitrogens is 6. The van der Waals surface area contributed by atoms with Crippen LogP contribution in [0.4, 0.5) is 5.82 Å². The van der Waals surface area contributed by atoms with Crippen LogP contribution in [0, 0.1) is 6.92 Å². The van der Waals surface area contributed by atoms with Crippen LogP contribution < -0.4 is 5.32 Å². The lowest BCUT2D eigenvalue weighted by Crippen LogP contribution is -2.55. The molecule has 0 aromatic carbocycles. The molecule has 3 aromatic rings. The van der Waals surface area contributed by atoms with E-state index < -0.39 is 0 Å². The number of rotatable bonds is 6. The number of likely N-dealkylation sites (N-methyl/N-ethyl adjacent to an activating group) is 1. The second kappa shape index (κ2) is 9.15. The van der Waals surface area contributed by atoms with E-state index in [1.807, 2.05) is 30.2 Å². The van der Waals surface area contributed by atoms with Crippen molar-refractivity contribution in [3.05, 3.63) is 24.5 Å². The quantitative estimate of drug-likeness (QED) is 0.624. The Hall–Kier alpha value is -3.14. The number of carbonyl (C=O) groups excluding carboxylic acids is 1. The fourth-order valence-corrected chi connectivity index (χ4v) is 4.04. The topological polar surface area (TPSA) is 105 Å². The third-order valence-electron chi connectivity index (χ3n) is 6.18. The molecule has 10 nitrogen and oxygen atoms in total. The molecule has 4 heterocycles. The number of carbonyl (C=O) groups is 1. The summed E-state index contributed by atoms with van der Waals surface area (Å²) in [5.41, 5.74) is 2.18. The highest BCUT2D eigenvalue weighted by Gasteiger charge is 2.29. The van der Waals surface area contributed by atoms with Gasteiger partial charge in [-0.2, -0.15) is 0 Å². The summed E-state index contributed by atoms with van der Waals surface area (Å²) in [6, 6.07) is -0.0304. The Morgan fingerprint density at radius 3 is 2.59 bits per heavy atom. The second-order valence-corrected chi connectivity index (χ2v) is 8.31. The summed E-state index contributed by atoms with van der Waals surface area (Å²) >= 11 is 0. The van der Waals surface area contributed by atoms with Gasteiger partial charge in [0.25, 0.3) is 0 Å². The smallest absolute Gasteiger partial charge is 0.245 e. The van der Waals surface area contributed by atoms with Crippen LogP contribution in [0.3, 0.4) is 0 Å². The minimum atomic E-state index is -0.373. The summed E-state index contributed by atoms with van der Waals surface area (Å²) in [5, 5.41) is 3.36. The largest absolute Gasteiger partial charge is 0.356 e. The number of piperazine rings is 1. The van der Waals surface area contributed by atoms with Crippen molar-refractivity contribution >= 4 is 22.9 Å². The lowest BCUT2D eigenvalue weighted by atomic mass is 10.1. The predicted molar refractivity (Wildman–Crippen MR) is 123 cm³/mol. The Morgan fingerprint density at radius 1 is 1.19 bits per heavy atom. The zero-order valence-electron chi connectivity index (χ0n) is 19.4. The molecule has 0 radical (unpaired) electrons. The first kappa shape index (κ1) is 22.1. The molecule has 1 saturated heterocycles. The first-order chi connectivity index (χ1) is 15.4. The van der Waals surface area contributed by atoms with Gasteiger partial charge in [0, 0.05) is 44.6 Å². The Labute approximate surface area is 188 Å². The van der Waals surface area contributed by atoms with Crippen molar-refractivity contribution in [2.45, 2.75) is 52.7 Å².